The van der Waals surface area contributed by atoms with Gasteiger partial charge in [-0.2, -0.15) is 0 Å². The van der Waals surface area contributed by atoms with Crippen LogP contribution in [-0.2, 0) is 16.0 Å². The molecule has 0 unspecified atom stereocenters. The molecule has 1 fully saturated rings. The largest absolute Gasteiger partial charge is 0.497 e. The molecule has 1 saturated heterocycles. The molecule has 1 aliphatic heterocycles. The number of amides is 2. The smallest absolute Gasteiger partial charge is 0.246 e. The van der Waals surface area contributed by atoms with E-state index in [1.165, 1.54) is 0 Å². The van der Waals surface area contributed by atoms with E-state index in [0.717, 1.165) is 24.2 Å². The van der Waals surface area contributed by atoms with Crippen molar-refractivity contribution in [3.8, 4) is 5.75 Å². The number of aryl methyl sites for hydroxylation is 1. The molecule has 2 amide bonds. The molecule has 1 aromatic carbocycles. The van der Waals surface area contributed by atoms with Gasteiger partial charge in [-0.25, -0.2) is 0 Å². The average Bonchev–Trinajstić information content (AvgIpc) is 3.29. The van der Waals surface area contributed by atoms with Gasteiger partial charge in [0.1, 0.15) is 11.5 Å². The zero-order valence-electron chi connectivity index (χ0n) is 16.8. The topological polar surface area (TPSA) is 71.8 Å². The second kappa shape index (κ2) is 10.5. The first-order chi connectivity index (χ1) is 14.1. The molecule has 1 aromatic heterocycles. The number of benzene rings is 1. The van der Waals surface area contributed by atoms with Crippen molar-refractivity contribution in [2.24, 2.45) is 5.92 Å². The van der Waals surface area contributed by atoms with Crippen LogP contribution in [-0.4, -0.2) is 43.5 Å². The molecule has 3 rings (SSSR count). The number of likely N-dealkylation sites (tertiary alicyclic amines) is 1. The molecular weight excluding hydrogens is 368 g/mol. The third-order valence-corrected chi connectivity index (χ3v) is 5.25. The molecule has 2 heterocycles. The number of rotatable bonds is 8. The summed E-state index contributed by atoms with van der Waals surface area (Å²) in [7, 11) is 1.64. The molecule has 6 heteroatoms. The zero-order chi connectivity index (χ0) is 20.5. The highest BCUT2D eigenvalue weighted by molar-refractivity contribution is 5.91. The first-order valence-electron chi connectivity index (χ1n) is 10.0. The van der Waals surface area contributed by atoms with Gasteiger partial charge in [0, 0.05) is 32.1 Å². The van der Waals surface area contributed by atoms with Crippen molar-refractivity contribution in [2.75, 3.05) is 26.7 Å². The van der Waals surface area contributed by atoms with E-state index in [1.807, 2.05) is 35.2 Å². The molecule has 0 atom stereocenters. The van der Waals surface area contributed by atoms with Crippen LogP contribution in [0.25, 0.3) is 6.08 Å². The fourth-order valence-corrected chi connectivity index (χ4v) is 3.40. The van der Waals surface area contributed by atoms with Crippen molar-refractivity contribution >= 4 is 17.9 Å². The molecule has 2 aromatic rings. The summed E-state index contributed by atoms with van der Waals surface area (Å²) in [6, 6.07) is 11.4. The highest BCUT2D eigenvalue weighted by Crippen LogP contribution is 2.17. The Bertz CT molecular complexity index is 804. The fraction of sp³-hybridized carbons (Fsp3) is 0.391. The Hall–Kier alpha value is -3.02. The monoisotopic (exact) mass is 396 g/mol. The number of carbonyl (C=O) groups excluding carboxylic acids is 2. The molecule has 0 radical (unpaired) electrons. The number of ether oxygens (including phenoxy) is 1. The lowest BCUT2D eigenvalue weighted by Gasteiger charge is -2.31. The SMILES string of the molecule is COc1ccc(CCC(=O)NCC2CCN(C(=O)/C=C/c3ccco3)CC2)cc1. The Kier molecular flexibility index (Phi) is 7.50. The highest BCUT2D eigenvalue weighted by atomic mass is 16.5. The predicted octanol–water partition coefficient (Wildman–Crippen LogP) is 3.29. The van der Waals surface area contributed by atoms with Crippen molar-refractivity contribution in [3.63, 3.8) is 0 Å². The maximum absolute atomic E-state index is 12.2. The third kappa shape index (κ3) is 6.52. The van der Waals surface area contributed by atoms with Crippen molar-refractivity contribution in [3.05, 3.63) is 60.1 Å². The molecule has 6 nitrogen and oxygen atoms in total. The van der Waals surface area contributed by atoms with Crippen LogP contribution in [0.3, 0.4) is 0 Å². The van der Waals surface area contributed by atoms with Crippen LogP contribution < -0.4 is 10.1 Å². The van der Waals surface area contributed by atoms with E-state index in [-0.39, 0.29) is 11.8 Å². The van der Waals surface area contributed by atoms with Gasteiger partial charge < -0.3 is 19.4 Å². The van der Waals surface area contributed by atoms with Crippen molar-refractivity contribution in [2.45, 2.75) is 25.7 Å². The minimum atomic E-state index is 0.00313. The predicted molar refractivity (Wildman–Crippen MR) is 111 cm³/mol. The van der Waals surface area contributed by atoms with Gasteiger partial charge >= 0.3 is 0 Å². The summed E-state index contributed by atoms with van der Waals surface area (Å²) in [5, 5.41) is 3.04. The number of hydrogen-bond donors (Lipinski definition) is 1. The Labute approximate surface area is 171 Å². The lowest BCUT2D eigenvalue weighted by Crippen LogP contribution is -2.41. The standard InChI is InChI=1S/C23H28N2O4/c1-28-20-7-4-18(5-8-20)6-10-22(26)24-17-19-12-14-25(15-13-19)23(27)11-9-21-3-2-16-29-21/h2-5,7-9,11,16,19H,6,10,12-15,17H2,1H3,(H,24,26)/b11-9+. The van der Waals surface area contributed by atoms with E-state index in [0.29, 0.717) is 44.2 Å². The first-order valence-corrected chi connectivity index (χ1v) is 10.0. The van der Waals surface area contributed by atoms with Crippen LogP contribution in [0.15, 0.2) is 53.2 Å². The van der Waals surface area contributed by atoms with Crippen LogP contribution in [0.4, 0.5) is 0 Å². The zero-order valence-corrected chi connectivity index (χ0v) is 16.8. The van der Waals surface area contributed by atoms with Crippen LogP contribution in [0.1, 0.15) is 30.6 Å². The van der Waals surface area contributed by atoms with Gasteiger partial charge in [-0.3, -0.25) is 9.59 Å². The van der Waals surface area contributed by atoms with Gasteiger partial charge in [-0.1, -0.05) is 12.1 Å². The summed E-state index contributed by atoms with van der Waals surface area (Å²) >= 11 is 0. The average molecular weight is 396 g/mol. The Morgan fingerprint density at radius 1 is 1.21 bits per heavy atom. The Morgan fingerprint density at radius 2 is 1.97 bits per heavy atom. The minimum absolute atomic E-state index is 0.00313. The number of methoxy groups -OCH3 is 1. The van der Waals surface area contributed by atoms with E-state index >= 15 is 0 Å². The van der Waals surface area contributed by atoms with E-state index in [1.54, 1.807) is 31.6 Å². The quantitative estimate of drug-likeness (QED) is 0.695. The number of nitrogens with zero attached hydrogens (tertiary/aromatic N) is 1. The van der Waals surface area contributed by atoms with Crippen molar-refractivity contribution < 1.29 is 18.7 Å². The van der Waals surface area contributed by atoms with Gasteiger partial charge in [0.05, 0.1) is 13.4 Å². The van der Waals surface area contributed by atoms with Crippen LogP contribution in [0.2, 0.25) is 0 Å². The molecule has 1 N–H and O–H groups in total. The molecule has 0 spiro atoms. The number of piperidine rings is 1. The summed E-state index contributed by atoms with van der Waals surface area (Å²) in [4.78, 5) is 26.2. The Morgan fingerprint density at radius 3 is 2.62 bits per heavy atom. The molecular formula is C23H28N2O4. The van der Waals surface area contributed by atoms with E-state index in [4.69, 9.17) is 9.15 Å². The highest BCUT2D eigenvalue weighted by Gasteiger charge is 2.21. The van der Waals surface area contributed by atoms with Crippen LogP contribution in [0.5, 0.6) is 5.75 Å². The van der Waals surface area contributed by atoms with Crippen LogP contribution in [0, 0.1) is 5.92 Å². The van der Waals surface area contributed by atoms with Gasteiger partial charge in [0.2, 0.25) is 11.8 Å². The fourth-order valence-electron chi connectivity index (χ4n) is 3.40. The second-order valence-electron chi connectivity index (χ2n) is 7.27. The Balaban J connectivity index is 1.32. The third-order valence-electron chi connectivity index (χ3n) is 5.25. The van der Waals surface area contributed by atoms with Gasteiger partial charge in [-0.15, -0.1) is 0 Å². The maximum Gasteiger partial charge on any atom is 0.246 e. The minimum Gasteiger partial charge on any atom is -0.497 e. The summed E-state index contributed by atoms with van der Waals surface area (Å²) in [6.07, 6.45) is 7.82. The van der Waals surface area contributed by atoms with E-state index in [9.17, 15) is 9.59 Å². The number of furan rings is 1. The number of carbonyl (C=O) groups is 2. The first kappa shape index (κ1) is 20.7. The maximum atomic E-state index is 12.2. The molecule has 29 heavy (non-hydrogen) atoms. The van der Waals surface area contributed by atoms with E-state index < -0.39 is 0 Å². The lowest BCUT2D eigenvalue weighted by molar-refractivity contribution is -0.127. The van der Waals surface area contributed by atoms with Gasteiger partial charge in [0.25, 0.3) is 0 Å². The number of hydrogen-bond acceptors (Lipinski definition) is 4. The normalized spacial score (nSPS) is 14.9. The summed E-state index contributed by atoms with van der Waals surface area (Å²) in [5.41, 5.74) is 1.12. The van der Waals surface area contributed by atoms with Gasteiger partial charge in [0.15, 0.2) is 0 Å². The van der Waals surface area contributed by atoms with Crippen molar-refractivity contribution in [1.82, 2.24) is 10.2 Å². The number of nitrogens with one attached hydrogen (secondary N) is 1. The van der Waals surface area contributed by atoms with Gasteiger partial charge in [-0.05, 0) is 61.1 Å². The summed E-state index contributed by atoms with van der Waals surface area (Å²) in [6.45, 7) is 2.10. The second-order valence-corrected chi connectivity index (χ2v) is 7.27. The van der Waals surface area contributed by atoms with E-state index in [2.05, 4.69) is 5.32 Å². The van der Waals surface area contributed by atoms with Crippen LogP contribution >= 0.6 is 0 Å². The van der Waals surface area contributed by atoms with Crippen molar-refractivity contribution in [1.29, 1.82) is 0 Å². The molecule has 0 bridgehead atoms. The molecule has 0 aliphatic carbocycles. The lowest BCUT2D eigenvalue weighted by atomic mass is 9.96. The summed E-state index contributed by atoms with van der Waals surface area (Å²) in [5.74, 6) is 1.98. The molecule has 0 saturated carbocycles. The molecule has 1 aliphatic rings. The summed E-state index contributed by atoms with van der Waals surface area (Å²) < 4.78 is 10.3. The molecule has 154 valence electrons.